The summed E-state index contributed by atoms with van der Waals surface area (Å²) >= 11 is 0. The van der Waals surface area contributed by atoms with Gasteiger partial charge in [-0.1, -0.05) is 6.07 Å². The average Bonchev–Trinajstić information content (AvgIpc) is 2.60. The van der Waals surface area contributed by atoms with Gasteiger partial charge in [-0.15, -0.1) is 0 Å². The van der Waals surface area contributed by atoms with Gasteiger partial charge in [-0.3, -0.25) is 4.98 Å². The molecule has 1 saturated carbocycles. The number of aromatic nitrogens is 1. The normalized spacial score (nSPS) is 20.7. The first-order valence-corrected chi connectivity index (χ1v) is 9.20. The number of amides is 2. The van der Waals surface area contributed by atoms with E-state index in [1.807, 2.05) is 13.0 Å². The third-order valence-corrected chi connectivity index (χ3v) is 5.73. The van der Waals surface area contributed by atoms with E-state index in [4.69, 9.17) is 4.74 Å². The van der Waals surface area contributed by atoms with Crippen LogP contribution in [0, 0.1) is 12.3 Å². The number of carbonyl (C=O) groups is 1. The summed E-state index contributed by atoms with van der Waals surface area (Å²) in [6.07, 6.45) is 9.62. The molecule has 0 bridgehead atoms. The highest BCUT2D eigenvalue weighted by Crippen LogP contribution is 2.43. The molecule has 2 N–H and O–H groups in total. The van der Waals surface area contributed by atoms with Crippen LogP contribution < -0.4 is 10.6 Å². The van der Waals surface area contributed by atoms with Crippen LogP contribution in [-0.2, 0) is 11.2 Å². The topological polar surface area (TPSA) is 63.2 Å². The van der Waals surface area contributed by atoms with Crippen molar-refractivity contribution in [3.63, 3.8) is 0 Å². The Morgan fingerprint density at radius 2 is 2.04 bits per heavy atom. The van der Waals surface area contributed by atoms with Gasteiger partial charge in [0.25, 0.3) is 0 Å². The van der Waals surface area contributed by atoms with E-state index in [1.165, 1.54) is 31.2 Å². The predicted octanol–water partition coefficient (Wildman–Crippen LogP) is 2.97. The van der Waals surface area contributed by atoms with Crippen molar-refractivity contribution < 1.29 is 9.53 Å². The Labute approximate surface area is 144 Å². The standard InChI is InChI=1S/C19H29N3O2/c1-15-16(3-2-11-20-15)6-12-21-18(23)22-17-4-7-19(8-5-17)9-13-24-14-10-19/h2-3,11,17H,4-10,12-14H2,1H3,(H2,21,22,23). The van der Waals surface area contributed by atoms with Crippen LogP contribution in [0.2, 0.25) is 0 Å². The first-order valence-electron chi connectivity index (χ1n) is 9.20. The van der Waals surface area contributed by atoms with Gasteiger partial charge in [-0.2, -0.15) is 0 Å². The maximum Gasteiger partial charge on any atom is 0.315 e. The highest BCUT2D eigenvalue weighted by atomic mass is 16.5. The molecule has 2 aliphatic rings. The Morgan fingerprint density at radius 1 is 1.29 bits per heavy atom. The van der Waals surface area contributed by atoms with Gasteiger partial charge in [0, 0.05) is 37.7 Å². The Hall–Kier alpha value is -1.62. The van der Waals surface area contributed by atoms with Gasteiger partial charge in [-0.25, -0.2) is 4.79 Å². The molecule has 1 spiro atoms. The molecule has 0 radical (unpaired) electrons. The number of ether oxygens (including phenoxy) is 1. The second-order valence-corrected chi connectivity index (χ2v) is 7.28. The lowest BCUT2D eigenvalue weighted by Crippen LogP contribution is -2.46. The van der Waals surface area contributed by atoms with Crippen molar-refractivity contribution in [1.29, 1.82) is 0 Å². The molecule has 5 nitrogen and oxygen atoms in total. The fourth-order valence-corrected chi connectivity index (χ4v) is 4.01. The number of rotatable bonds is 4. The Morgan fingerprint density at radius 3 is 2.75 bits per heavy atom. The summed E-state index contributed by atoms with van der Waals surface area (Å²) in [5, 5.41) is 6.12. The zero-order valence-corrected chi connectivity index (χ0v) is 14.6. The van der Waals surface area contributed by atoms with Crippen LogP contribution in [-0.4, -0.2) is 36.8 Å². The predicted molar refractivity (Wildman–Crippen MR) is 94.0 cm³/mol. The quantitative estimate of drug-likeness (QED) is 0.891. The molecule has 1 aliphatic carbocycles. The molecular weight excluding hydrogens is 302 g/mol. The fraction of sp³-hybridized carbons (Fsp3) is 0.684. The second kappa shape index (κ2) is 7.97. The van der Waals surface area contributed by atoms with Crippen LogP contribution in [0.5, 0.6) is 0 Å². The smallest absolute Gasteiger partial charge is 0.315 e. The zero-order chi connectivity index (χ0) is 16.8. The van der Waals surface area contributed by atoms with Gasteiger partial charge in [0.1, 0.15) is 0 Å². The van der Waals surface area contributed by atoms with Crippen molar-refractivity contribution in [3.8, 4) is 0 Å². The number of nitrogens with zero attached hydrogens (tertiary/aromatic N) is 1. The minimum atomic E-state index is -0.0375. The van der Waals surface area contributed by atoms with Gasteiger partial charge in [0.2, 0.25) is 0 Å². The van der Waals surface area contributed by atoms with E-state index in [-0.39, 0.29) is 6.03 Å². The van der Waals surface area contributed by atoms with E-state index in [2.05, 4.69) is 21.7 Å². The van der Waals surface area contributed by atoms with Gasteiger partial charge < -0.3 is 15.4 Å². The van der Waals surface area contributed by atoms with E-state index in [1.54, 1.807) is 6.20 Å². The van der Waals surface area contributed by atoms with Crippen LogP contribution in [0.3, 0.4) is 0 Å². The second-order valence-electron chi connectivity index (χ2n) is 7.28. The van der Waals surface area contributed by atoms with E-state index >= 15 is 0 Å². The highest BCUT2D eigenvalue weighted by Gasteiger charge is 2.36. The van der Waals surface area contributed by atoms with Crippen molar-refractivity contribution in [3.05, 3.63) is 29.6 Å². The van der Waals surface area contributed by atoms with Crippen molar-refractivity contribution in [2.45, 2.75) is 57.9 Å². The Balaban J connectivity index is 1.36. The van der Waals surface area contributed by atoms with Crippen LogP contribution >= 0.6 is 0 Å². The average molecular weight is 331 g/mol. The summed E-state index contributed by atoms with van der Waals surface area (Å²) in [7, 11) is 0. The lowest BCUT2D eigenvalue weighted by molar-refractivity contribution is -0.00860. The third-order valence-electron chi connectivity index (χ3n) is 5.73. The van der Waals surface area contributed by atoms with Crippen LogP contribution in [0.1, 0.15) is 49.8 Å². The maximum absolute atomic E-state index is 12.1. The summed E-state index contributed by atoms with van der Waals surface area (Å²) < 4.78 is 5.49. The minimum Gasteiger partial charge on any atom is -0.381 e. The molecule has 3 rings (SSSR count). The number of urea groups is 1. The molecule has 2 heterocycles. The summed E-state index contributed by atoms with van der Waals surface area (Å²) in [6.45, 7) is 4.47. The van der Waals surface area contributed by atoms with Crippen molar-refractivity contribution >= 4 is 6.03 Å². The number of pyridine rings is 1. The molecular formula is C19H29N3O2. The molecule has 0 atom stereocenters. The van der Waals surface area contributed by atoms with Crippen molar-refractivity contribution in [1.82, 2.24) is 15.6 Å². The number of aryl methyl sites for hydroxylation is 1. The van der Waals surface area contributed by atoms with Crippen molar-refractivity contribution in [2.24, 2.45) is 5.41 Å². The summed E-state index contributed by atoms with van der Waals surface area (Å²) in [4.78, 5) is 16.4. The number of hydrogen-bond donors (Lipinski definition) is 2. The lowest BCUT2D eigenvalue weighted by Gasteiger charge is -2.42. The zero-order valence-electron chi connectivity index (χ0n) is 14.6. The monoisotopic (exact) mass is 331 g/mol. The largest absolute Gasteiger partial charge is 0.381 e. The van der Waals surface area contributed by atoms with Gasteiger partial charge >= 0.3 is 6.03 Å². The van der Waals surface area contributed by atoms with Gasteiger partial charge in [0.05, 0.1) is 0 Å². The molecule has 132 valence electrons. The molecule has 0 aromatic carbocycles. The first-order chi connectivity index (χ1) is 11.7. The lowest BCUT2D eigenvalue weighted by atomic mass is 9.68. The molecule has 1 aliphatic heterocycles. The molecule has 1 aromatic heterocycles. The highest BCUT2D eigenvalue weighted by molar-refractivity contribution is 5.74. The third kappa shape index (κ3) is 4.47. The molecule has 24 heavy (non-hydrogen) atoms. The molecule has 2 amide bonds. The van der Waals surface area contributed by atoms with Crippen LogP contribution in [0.15, 0.2) is 18.3 Å². The Kier molecular flexibility index (Phi) is 5.72. The van der Waals surface area contributed by atoms with Crippen LogP contribution in [0.25, 0.3) is 0 Å². The molecule has 0 unspecified atom stereocenters. The number of hydrogen-bond acceptors (Lipinski definition) is 3. The minimum absolute atomic E-state index is 0.0375. The van der Waals surface area contributed by atoms with Gasteiger partial charge in [0.15, 0.2) is 0 Å². The molecule has 1 aromatic rings. The van der Waals surface area contributed by atoms with Crippen LogP contribution in [0.4, 0.5) is 4.79 Å². The van der Waals surface area contributed by atoms with Gasteiger partial charge in [-0.05, 0) is 68.9 Å². The summed E-state index contributed by atoms with van der Waals surface area (Å²) in [6, 6.07) is 4.29. The molecule has 5 heteroatoms. The van der Waals surface area contributed by atoms with Crippen molar-refractivity contribution in [2.75, 3.05) is 19.8 Å². The number of carbonyl (C=O) groups excluding carboxylic acids is 1. The van der Waals surface area contributed by atoms with E-state index in [0.717, 1.165) is 38.2 Å². The Bertz CT molecular complexity index is 545. The first kappa shape index (κ1) is 17.2. The fourth-order valence-electron chi connectivity index (χ4n) is 4.01. The van der Waals surface area contributed by atoms with E-state index in [0.29, 0.717) is 18.0 Å². The number of nitrogens with one attached hydrogen (secondary N) is 2. The summed E-state index contributed by atoms with van der Waals surface area (Å²) in [5.74, 6) is 0. The summed E-state index contributed by atoms with van der Waals surface area (Å²) in [5.41, 5.74) is 2.72. The molecule has 1 saturated heterocycles. The SMILES string of the molecule is Cc1ncccc1CCNC(=O)NC1CCC2(CCOCC2)CC1. The van der Waals surface area contributed by atoms with E-state index < -0.39 is 0 Å². The molecule has 2 fully saturated rings. The maximum atomic E-state index is 12.1. The van der Waals surface area contributed by atoms with E-state index in [9.17, 15) is 4.79 Å².